The van der Waals surface area contributed by atoms with Crippen LogP contribution >= 0.6 is 0 Å². The van der Waals surface area contributed by atoms with E-state index < -0.39 is 31.6 Å². The number of piperidine rings is 1. The highest BCUT2D eigenvalue weighted by molar-refractivity contribution is 7.89. The lowest BCUT2D eigenvalue weighted by atomic mass is 10.0. The van der Waals surface area contributed by atoms with Gasteiger partial charge >= 0.3 is 0 Å². The molecule has 11 heteroatoms. The Morgan fingerprint density at radius 3 is 2.16 bits per heavy atom. The summed E-state index contributed by atoms with van der Waals surface area (Å²) in [6.45, 7) is 2.12. The molecule has 2 heterocycles. The minimum absolute atomic E-state index is 0.0161. The first-order chi connectivity index (χ1) is 15.1. The van der Waals surface area contributed by atoms with Crippen molar-refractivity contribution in [2.75, 3.05) is 33.4 Å². The Kier molecular flexibility index (Phi) is 6.05. The number of rotatable bonds is 5. The van der Waals surface area contributed by atoms with E-state index >= 15 is 0 Å². The van der Waals surface area contributed by atoms with E-state index in [0.29, 0.717) is 5.75 Å². The number of sulfonamides is 2. The van der Waals surface area contributed by atoms with Gasteiger partial charge in [-0.1, -0.05) is 0 Å². The van der Waals surface area contributed by atoms with Crippen LogP contribution in [0.1, 0.15) is 18.4 Å². The molecule has 0 saturated carbocycles. The van der Waals surface area contributed by atoms with Crippen LogP contribution in [0.25, 0.3) is 0 Å². The van der Waals surface area contributed by atoms with Gasteiger partial charge in [-0.25, -0.2) is 21.2 Å². The molecule has 174 valence electrons. The molecule has 0 radical (unpaired) electrons. The van der Waals surface area contributed by atoms with Crippen molar-refractivity contribution in [3.63, 3.8) is 0 Å². The Morgan fingerprint density at radius 1 is 0.938 bits per heavy atom. The number of ether oxygens (including phenoxy) is 2. The van der Waals surface area contributed by atoms with E-state index in [2.05, 4.69) is 0 Å². The molecule has 4 rings (SSSR count). The van der Waals surface area contributed by atoms with Gasteiger partial charge in [0.1, 0.15) is 17.3 Å². The van der Waals surface area contributed by atoms with Crippen molar-refractivity contribution in [1.82, 2.24) is 8.61 Å². The van der Waals surface area contributed by atoms with Crippen LogP contribution in [0.3, 0.4) is 0 Å². The maximum Gasteiger partial charge on any atom is 0.245 e. The molecule has 2 aromatic carbocycles. The molecule has 0 atom stereocenters. The number of aryl methyl sites for hydroxylation is 1. The first-order valence-electron chi connectivity index (χ1n) is 10.2. The summed E-state index contributed by atoms with van der Waals surface area (Å²) in [5.74, 6) is 0.0752. The number of benzene rings is 2. The fourth-order valence-electron chi connectivity index (χ4n) is 4.20. The van der Waals surface area contributed by atoms with Crippen LogP contribution in [0.15, 0.2) is 52.3 Å². The Hall–Kier alpha value is -2.05. The quantitative estimate of drug-likeness (QED) is 0.647. The molecular weight excluding hydrogens is 459 g/mol. The molecule has 2 saturated heterocycles. The van der Waals surface area contributed by atoms with Crippen molar-refractivity contribution in [3.05, 3.63) is 53.8 Å². The monoisotopic (exact) mass is 484 g/mol. The summed E-state index contributed by atoms with van der Waals surface area (Å²) in [6, 6.07) is 9.81. The maximum atomic E-state index is 13.6. The van der Waals surface area contributed by atoms with Crippen LogP contribution in [-0.2, 0) is 24.8 Å². The first-order valence-corrected chi connectivity index (χ1v) is 13.1. The van der Waals surface area contributed by atoms with Gasteiger partial charge in [0.15, 0.2) is 0 Å². The van der Waals surface area contributed by atoms with Crippen LogP contribution in [0.4, 0.5) is 4.39 Å². The predicted molar refractivity (Wildman–Crippen MR) is 115 cm³/mol. The fraction of sp³-hybridized carbons (Fsp3) is 0.429. The molecule has 32 heavy (non-hydrogen) atoms. The molecule has 0 aliphatic carbocycles. The minimum atomic E-state index is -3.84. The third-order valence-corrected chi connectivity index (χ3v) is 9.90. The van der Waals surface area contributed by atoms with Crippen LogP contribution in [0.5, 0.6) is 5.75 Å². The second-order valence-electron chi connectivity index (χ2n) is 7.86. The van der Waals surface area contributed by atoms with Gasteiger partial charge in [-0.3, -0.25) is 0 Å². The molecule has 0 amide bonds. The molecule has 8 nitrogen and oxygen atoms in total. The van der Waals surface area contributed by atoms with Gasteiger partial charge in [0.2, 0.25) is 20.0 Å². The third-order valence-electron chi connectivity index (χ3n) is 6.04. The topological polar surface area (TPSA) is 93.2 Å². The van der Waals surface area contributed by atoms with Crippen molar-refractivity contribution in [2.45, 2.75) is 35.3 Å². The highest BCUT2D eigenvalue weighted by atomic mass is 32.2. The van der Waals surface area contributed by atoms with Crippen LogP contribution in [0, 0.1) is 12.7 Å². The first kappa shape index (κ1) is 23.1. The lowest BCUT2D eigenvalue weighted by molar-refractivity contribution is -0.0806. The van der Waals surface area contributed by atoms with Gasteiger partial charge in [-0.2, -0.15) is 8.61 Å². The lowest BCUT2D eigenvalue weighted by Gasteiger charge is -2.42. The summed E-state index contributed by atoms with van der Waals surface area (Å²) in [5, 5.41) is 0. The summed E-state index contributed by atoms with van der Waals surface area (Å²) in [7, 11) is -6.17. The Morgan fingerprint density at radius 2 is 1.56 bits per heavy atom. The number of methoxy groups -OCH3 is 1. The SMILES string of the molecule is COc1ccc(S(=O)(=O)N2CCOC23CCN(S(=O)(=O)c2ccc(F)c(C)c2)CC3)cc1. The van der Waals surface area contributed by atoms with Crippen molar-refractivity contribution in [2.24, 2.45) is 0 Å². The van der Waals surface area contributed by atoms with Gasteiger partial charge in [0.05, 0.1) is 23.5 Å². The fourth-order valence-corrected chi connectivity index (χ4v) is 7.45. The number of hydrogen-bond acceptors (Lipinski definition) is 6. The van der Waals surface area contributed by atoms with Crippen molar-refractivity contribution >= 4 is 20.0 Å². The second-order valence-corrected chi connectivity index (χ2v) is 11.7. The summed E-state index contributed by atoms with van der Waals surface area (Å²) < 4.78 is 79.9. The summed E-state index contributed by atoms with van der Waals surface area (Å²) >= 11 is 0. The van der Waals surface area contributed by atoms with Gasteiger partial charge in [-0.15, -0.1) is 0 Å². The van der Waals surface area contributed by atoms with Crippen LogP contribution < -0.4 is 4.74 Å². The van der Waals surface area contributed by atoms with Gasteiger partial charge in [0, 0.05) is 32.5 Å². The van der Waals surface area contributed by atoms with E-state index in [1.165, 1.54) is 46.9 Å². The zero-order valence-corrected chi connectivity index (χ0v) is 19.5. The van der Waals surface area contributed by atoms with Crippen LogP contribution in [0.2, 0.25) is 0 Å². The van der Waals surface area contributed by atoms with E-state index in [9.17, 15) is 21.2 Å². The highest BCUT2D eigenvalue weighted by Gasteiger charge is 2.51. The molecule has 0 bridgehead atoms. The van der Waals surface area contributed by atoms with E-state index in [4.69, 9.17) is 9.47 Å². The highest BCUT2D eigenvalue weighted by Crippen LogP contribution is 2.39. The average molecular weight is 485 g/mol. The van der Waals surface area contributed by atoms with Gasteiger partial charge in [0.25, 0.3) is 0 Å². The zero-order valence-electron chi connectivity index (χ0n) is 17.8. The van der Waals surface area contributed by atoms with Gasteiger partial charge in [-0.05, 0) is 55.0 Å². The Labute approximate surface area is 187 Å². The Bertz CT molecular complexity index is 1210. The van der Waals surface area contributed by atoms with Gasteiger partial charge < -0.3 is 9.47 Å². The molecule has 2 fully saturated rings. The lowest BCUT2D eigenvalue weighted by Crippen LogP contribution is -2.55. The van der Waals surface area contributed by atoms with E-state index in [1.54, 1.807) is 12.1 Å². The van der Waals surface area contributed by atoms with E-state index in [1.807, 2.05) is 0 Å². The maximum absolute atomic E-state index is 13.6. The standard InChI is InChI=1S/C21H25FN2O6S2/c1-16-15-19(7-8-20(16)22)31(25,26)23-11-9-21(10-12-23)24(13-14-30-21)32(27,28)18-5-3-17(29-2)4-6-18/h3-8,15H,9-14H2,1-2H3. The van der Waals surface area contributed by atoms with Crippen molar-refractivity contribution < 1.29 is 30.7 Å². The van der Waals surface area contributed by atoms with Crippen molar-refractivity contribution in [1.29, 1.82) is 0 Å². The molecule has 0 N–H and O–H groups in total. The minimum Gasteiger partial charge on any atom is -0.497 e. The second kappa shape index (κ2) is 8.38. The third kappa shape index (κ3) is 3.92. The largest absolute Gasteiger partial charge is 0.497 e. The number of halogens is 1. The van der Waals surface area contributed by atoms with E-state index in [0.717, 1.165) is 6.07 Å². The van der Waals surface area contributed by atoms with E-state index in [-0.39, 0.29) is 54.4 Å². The number of nitrogens with zero attached hydrogens (tertiary/aromatic N) is 2. The molecule has 1 spiro atoms. The predicted octanol–water partition coefficient (Wildman–Crippen LogP) is 2.34. The normalized spacial score (nSPS) is 20.0. The summed E-state index contributed by atoms with van der Waals surface area (Å²) in [4.78, 5) is 0.141. The van der Waals surface area contributed by atoms with Crippen molar-refractivity contribution in [3.8, 4) is 5.75 Å². The molecule has 2 aromatic rings. The Balaban J connectivity index is 1.55. The average Bonchev–Trinajstić information content (AvgIpc) is 3.19. The molecule has 0 unspecified atom stereocenters. The molecule has 0 aromatic heterocycles. The smallest absolute Gasteiger partial charge is 0.245 e. The zero-order chi connectivity index (χ0) is 23.1. The molecular formula is C21H25FN2O6S2. The summed E-state index contributed by atoms with van der Waals surface area (Å²) in [5.41, 5.74) is -0.848. The molecule has 2 aliphatic rings. The number of hydrogen-bond donors (Lipinski definition) is 0. The molecule has 2 aliphatic heterocycles. The summed E-state index contributed by atoms with van der Waals surface area (Å²) in [6.07, 6.45) is 0.392. The van der Waals surface area contributed by atoms with Crippen LogP contribution in [-0.4, -0.2) is 64.5 Å².